The van der Waals surface area contributed by atoms with Crippen LogP contribution in [0.3, 0.4) is 0 Å². The van der Waals surface area contributed by atoms with Gasteiger partial charge in [-0.3, -0.25) is 14.8 Å². The number of pyridine rings is 2. The Balaban J connectivity index is 2.42. The predicted octanol–water partition coefficient (Wildman–Crippen LogP) is 2.47. The van der Waals surface area contributed by atoms with Crippen LogP contribution in [-0.4, -0.2) is 15.8 Å². The topological polar surface area (TPSA) is 42.9 Å². The molecule has 2 aromatic heterocycles. The van der Waals surface area contributed by atoms with Gasteiger partial charge in [-0.1, -0.05) is 0 Å². The standard InChI is InChI=1S/C11H7BrN2O/c12-10-7-14-5-3-9(10)11(15)8-2-1-4-13-6-8/h1-7H. The zero-order valence-corrected chi connectivity index (χ0v) is 9.31. The Morgan fingerprint density at radius 2 is 1.93 bits per heavy atom. The van der Waals surface area contributed by atoms with Gasteiger partial charge in [0.25, 0.3) is 0 Å². The van der Waals surface area contributed by atoms with Gasteiger partial charge in [-0.15, -0.1) is 0 Å². The molecule has 2 rings (SSSR count). The van der Waals surface area contributed by atoms with Crippen molar-refractivity contribution >= 4 is 21.7 Å². The van der Waals surface area contributed by atoms with Crippen LogP contribution in [0.2, 0.25) is 0 Å². The van der Waals surface area contributed by atoms with Gasteiger partial charge in [-0.2, -0.15) is 0 Å². The first-order valence-electron chi connectivity index (χ1n) is 4.33. The fourth-order valence-corrected chi connectivity index (χ4v) is 1.64. The molecule has 0 radical (unpaired) electrons. The quantitative estimate of drug-likeness (QED) is 0.781. The molecule has 0 N–H and O–H groups in total. The molecule has 0 fully saturated rings. The number of carbonyl (C=O) groups is 1. The lowest BCUT2D eigenvalue weighted by atomic mass is 10.1. The molecule has 0 atom stereocenters. The molecular formula is C11H7BrN2O. The second-order valence-electron chi connectivity index (χ2n) is 2.93. The van der Waals surface area contributed by atoms with Gasteiger partial charge < -0.3 is 0 Å². The minimum atomic E-state index is -0.0580. The van der Waals surface area contributed by atoms with Crippen molar-refractivity contribution in [2.45, 2.75) is 0 Å². The molecule has 0 amide bonds. The maximum atomic E-state index is 12.0. The SMILES string of the molecule is O=C(c1cccnc1)c1ccncc1Br. The zero-order chi connectivity index (χ0) is 10.7. The van der Waals surface area contributed by atoms with Crippen molar-refractivity contribution in [2.24, 2.45) is 0 Å². The number of ketones is 1. The summed E-state index contributed by atoms with van der Waals surface area (Å²) in [5.41, 5.74) is 1.17. The molecule has 0 aliphatic heterocycles. The summed E-state index contributed by atoms with van der Waals surface area (Å²) in [6.07, 6.45) is 6.38. The molecule has 0 saturated carbocycles. The first-order valence-corrected chi connectivity index (χ1v) is 5.12. The van der Waals surface area contributed by atoms with Gasteiger partial charge in [0, 0.05) is 40.4 Å². The van der Waals surface area contributed by atoms with E-state index in [-0.39, 0.29) is 5.78 Å². The van der Waals surface area contributed by atoms with E-state index >= 15 is 0 Å². The maximum absolute atomic E-state index is 12.0. The summed E-state index contributed by atoms with van der Waals surface area (Å²) in [5.74, 6) is -0.0580. The zero-order valence-electron chi connectivity index (χ0n) is 7.72. The van der Waals surface area contributed by atoms with Crippen LogP contribution >= 0.6 is 15.9 Å². The summed E-state index contributed by atoms with van der Waals surface area (Å²) in [7, 11) is 0. The molecule has 0 aliphatic rings. The summed E-state index contributed by atoms with van der Waals surface area (Å²) in [5, 5.41) is 0. The van der Waals surface area contributed by atoms with Crippen LogP contribution in [-0.2, 0) is 0 Å². The maximum Gasteiger partial charge on any atom is 0.195 e. The average Bonchev–Trinajstić information content (AvgIpc) is 2.30. The second-order valence-corrected chi connectivity index (χ2v) is 3.78. The Labute approximate surface area is 95.3 Å². The van der Waals surface area contributed by atoms with Crippen LogP contribution in [0.1, 0.15) is 15.9 Å². The van der Waals surface area contributed by atoms with E-state index in [2.05, 4.69) is 25.9 Å². The van der Waals surface area contributed by atoms with Crippen LogP contribution in [0, 0.1) is 0 Å². The summed E-state index contributed by atoms with van der Waals surface area (Å²) in [6, 6.07) is 5.16. The van der Waals surface area contributed by atoms with Gasteiger partial charge in [0.05, 0.1) is 0 Å². The van der Waals surface area contributed by atoms with Gasteiger partial charge in [0.1, 0.15) is 0 Å². The lowest BCUT2D eigenvalue weighted by Gasteiger charge is -2.01. The summed E-state index contributed by atoms with van der Waals surface area (Å²) >= 11 is 3.29. The number of nitrogens with zero attached hydrogens (tertiary/aromatic N) is 2. The summed E-state index contributed by atoms with van der Waals surface area (Å²) in [4.78, 5) is 19.8. The van der Waals surface area contributed by atoms with Crippen LogP contribution in [0.25, 0.3) is 0 Å². The van der Waals surface area contributed by atoms with Crippen molar-refractivity contribution in [1.82, 2.24) is 9.97 Å². The van der Waals surface area contributed by atoms with Gasteiger partial charge >= 0.3 is 0 Å². The van der Waals surface area contributed by atoms with Crippen LogP contribution in [0.15, 0.2) is 47.5 Å². The molecule has 0 aliphatic carbocycles. The number of rotatable bonds is 2. The molecule has 2 heterocycles. The van der Waals surface area contributed by atoms with E-state index in [9.17, 15) is 4.79 Å². The van der Waals surface area contributed by atoms with E-state index in [1.807, 2.05) is 0 Å². The van der Waals surface area contributed by atoms with E-state index in [0.29, 0.717) is 15.6 Å². The van der Waals surface area contributed by atoms with E-state index in [4.69, 9.17) is 0 Å². The summed E-state index contributed by atoms with van der Waals surface area (Å²) < 4.78 is 0.693. The van der Waals surface area contributed by atoms with Crippen LogP contribution < -0.4 is 0 Å². The van der Waals surface area contributed by atoms with Gasteiger partial charge in [0.2, 0.25) is 0 Å². The largest absolute Gasteiger partial charge is 0.289 e. The lowest BCUT2D eigenvalue weighted by Crippen LogP contribution is -2.02. The van der Waals surface area contributed by atoms with Crippen LogP contribution in [0.4, 0.5) is 0 Å². The second kappa shape index (κ2) is 4.31. The number of carbonyl (C=O) groups excluding carboxylic acids is 1. The number of aromatic nitrogens is 2. The minimum Gasteiger partial charge on any atom is -0.289 e. The van der Waals surface area contributed by atoms with Crippen molar-refractivity contribution in [3.8, 4) is 0 Å². The highest BCUT2D eigenvalue weighted by atomic mass is 79.9. The van der Waals surface area contributed by atoms with Gasteiger partial charge in [-0.05, 0) is 34.1 Å². The molecular weight excluding hydrogens is 256 g/mol. The molecule has 0 saturated heterocycles. The molecule has 3 nitrogen and oxygen atoms in total. The van der Waals surface area contributed by atoms with E-state index in [1.54, 1.807) is 43.0 Å². The molecule has 2 aromatic rings. The normalized spacial score (nSPS) is 9.93. The molecule has 0 aromatic carbocycles. The first-order chi connectivity index (χ1) is 7.29. The van der Waals surface area contributed by atoms with Crippen molar-refractivity contribution in [2.75, 3.05) is 0 Å². The molecule has 4 heteroatoms. The third-order valence-electron chi connectivity index (χ3n) is 1.94. The van der Waals surface area contributed by atoms with E-state index < -0.39 is 0 Å². The Kier molecular flexibility index (Phi) is 2.87. The Hall–Kier alpha value is -1.55. The minimum absolute atomic E-state index is 0.0580. The molecule has 15 heavy (non-hydrogen) atoms. The Morgan fingerprint density at radius 1 is 1.13 bits per heavy atom. The number of hydrogen-bond acceptors (Lipinski definition) is 3. The molecule has 0 unspecified atom stereocenters. The van der Waals surface area contributed by atoms with Crippen molar-refractivity contribution in [3.63, 3.8) is 0 Å². The van der Waals surface area contributed by atoms with Gasteiger partial charge in [0.15, 0.2) is 5.78 Å². The highest BCUT2D eigenvalue weighted by molar-refractivity contribution is 9.10. The van der Waals surface area contributed by atoms with E-state index in [1.165, 1.54) is 0 Å². The fourth-order valence-electron chi connectivity index (χ4n) is 1.21. The lowest BCUT2D eigenvalue weighted by molar-refractivity contribution is 0.103. The Bertz CT molecular complexity index is 485. The Morgan fingerprint density at radius 3 is 2.60 bits per heavy atom. The first kappa shape index (κ1) is 9.98. The number of halogens is 1. The molecule has 0 spiro atoms. The fraction of sp³-hybridized carbons (Fsp3) is 0. The molecule has 0 bridgehead atoms. The van der Waals surface area contributed by atoms with Crippen LogP contribution in [0.5, 0.6) is 0 Å². The highest BCUT2D eigenvalue weighted by Crippen LogP contribution is 2.17. The third kappa shape index (κ3) is 2.10. The highest BCUT2D eigenvalue weighted by Gasteiger charge is 2.11. The third-order valence-corrected chi connectivity index (χ3v) is 2.57. The van der Waals surface area contributed by atoms with E-state index in [0.717, 1.165) is 0 Å². The monoisotopic (exact) mass is 262 g/mol. The smallest absolute Gasteiger partial charge is 0.195 e. The van der Waals surface area contributed by atoms with Gasteiger partial charge in [-0.25, -0.2) is 0 Å². The predicted molar refractivity (Wildman–Crippen MR) is 59.6 cm³/mol. The number of hydrogen-bond donors (Lipinski definition) is 0. The van der Waals surface area contributed by atoms with Crippen molar-refractivity contribution in [3.05, 3.63) is 58.6 Å². The summed E-state index contributed by atoms with van der Waals surface area (Å²) in [6.45, 7) is 0. The van der Waals surface area contributed by atoms with Crippen molar-refractivity contribution < 1.29 is 4.79 Å². The van der Waals surface area contributed by atoms with Crippen molar-refractivity contribution in [1.29, 1.82) is 0 Å². The average molecular weight is 263 g/mol. The molecule has 74 valence electrons.